The smallest absolute Gasteiger partial charge is 0.137 e. The second-order valence-corrected chi connectivity index (χ2v) is 3.41. The van der Waals surface area contributed by atoms with Gasteiger partial charge in [-0.1, -0.05) is 6.92 Å². The maximum Gasteiger partial charge on any atom is 0.137 e. The van der Waals surface area contributed by atoms with Gasteiger partial charge in [-0.3, -0.25) is 0 Å². The van der Waals surface area contributed by atoms with E-state index in [-0.39, 0.29) is 0 Å². The number of aromatic nitrogens is 3. The minimum absolute atomic E-state index is 0.351. The van der Waals surface area contributed by atoms with Crippen LogP contribution in [0.1, 0.15) is 19.9 Å². The number of nitrogens with two attached hydrogens (primary N) is 1. The lowest BCUT2D eigenvalue weighted by Gasteiger charge is -2.23. The van der Waals surface area contributed by atoms with Crippen LogP contribution in [0.3, 0.4) is 0 Å². The van der Waals surface area contributed by atoms with Gasteiger partial charge in [0, 0.05) is 19.6 Å². The molecule has 1 unspecified atom stereocenters. The van der Waals surface area contributed by atoms with E-state index in [0.29, 0.717) is 12.6 Å². The van der Waals surface area contributed by atoms with Crippen molar-refractivity contribution in [1.82, 2.24) is 19.7 Å². The Morgan fingerprint density at radius 1 is 1.57 bits per heavy atom. The molecule has 0 aliphatic carbocycles. The molecule has 0 amide bonds. The summed E-state index contributed by atoms with van der Waals surface area (Å²) in [4.78, 5) is 6.24. The zero-order valence-corrected chi connectivity index (χ0v) is 8.93. The molecule has 5 nitrogen and oxygen atoms in total. The Morgan fingerprint density at radius 3 is 2.86 bits per heavy atom. The molecular weight excluding hydrogens is 178 g/mol. The molecule has 0 spiro atoms. The van der Waals surface area contributed by atoms with Crippen molar-refractivity contribution in [3.8, 4) is 0 Å². The van der Waals surface area contributed by atoms with E-state index in [2.05, 4.69) is 28.8 Å². The Balaban J connectivity index is 2.42. The van der Waals surface area contributed by atoms with E-state index >= 15 is 0 Å². The molecule has 0 bridgehead atoms. The van der Waals surface area contributed by atoms with Gasteiger partial charge < -0.3 is 10.6 Å². The number of nitrogens with zero attached hydrogens (tertiary/aromatic N) is 4. The van der Waals surface area contributed by atoms with Crippen LogP contribution >= 0.6 is 0 Å². The summed E-state index contributed by atoms with van der Waals surface area (Å²) in [5.41, 5.74) is 5.52. The van der Waals surface area contributed by atoms with E-state index in [1.807, 2.05) is 4.68 Å². The van der Waals surface area contributed by atoms with Gasteiger partial charge in [0.15, 0.2) is 0 Å². The molecule has 0 saturated carbocycles. The predicted octanol–water partition coefficient (Wildman–Crippen LogP) is 0.120. The highest BCUT2D eigenvalue weighted by Crippen LogP contribution is 2.04. The van der Waals surface area contributed by atoms with Gasteiger partial charge in [-0.25, -0.2) is 9.67 Å². The Kier molecular flexibility index (Phi) is 4.55. The van der Waals surface area contributed by atoms with Crippen LogP contribution in [0.4, 0.5) is 0 Å². The zero-order valence-electron chi connectivity index (χ0n) is 8.93. The molecule has 0 radical (unpaired) electrons. The van der Waals surface area contributed by atoms with Gasteiger partial charge in [-0.05, 0) is 13.5 Å². The van der Waals surface area contributed by atoms with Crippen molar-refractivity contribution in [2.75, 3.05) is 26.2 Å². The Hall–Kier alpha value is -0.940. The van der Waals surface area contributed by atoms with Crippen LogP contribution in [0.5, 0.6) is 0 Å². The fourth-order valence-electron chi connectivity index (χ4n) is 1.46. The van der Waals surface area contributed by atoms with Gasteiger partial charge >= 0.3 is 0 Å². The van der Waals surface area contributed by atoms with E-state index in [0.717, 1.165) is 19.6 Å². The average Bonchev–Trinajstić information content (AvgIpc) is 2.69. The quantitative estimate of drug-likeness (QED) is 0.703. The molecule has 14 heavy (non-hydrogen) atoms. The van der Waals surface area contributed by atoms with Crippen LogP contribution in [-0.2, 0) is 0 Å². The van der Waals surface area contributed by atoms with Crippen LogP contribution in [0, 0.1) is 0 Å². The van der Waals surface area contributed by atoms with Crippen LogP contribution in [-0.4, -0.2) is 45.8 Å². The van der Waals surface area contributed by atoms with Crippen molar-refractivity contribution in [3.05, 3.63) is 12.7 Å². The normalized spacial score (nSPS) is 13.4. The van der Waals surface area contributed by atoms with Crippen LogP contribution in [0.15, 0.2) is 12.7 Å². The molecule has 0 aliphatic heterocycles. The van der Waals surface area contributed by atoms with Crippen LogP contribution in [0.2, 0.25) is 0 Å². The molecule has 1 rings (SSSR count). The standard InChI is InChI=1S/C9H19N5/c1-3-13(5-4-10)6-9(2)14-8-11-7-12-14/h7-9H,3-6,10H2,1-2H3. The first kappa shape index (κ1) is 11.1. The van der Waals surface area contributed by atoms with Gasteiger partial charge in [0.25, 0.3) is 0 Å². The summed E-state index contributed by atoms with van der Waals surface area (Å²) in [5, 5.41) is 4.11. The molecule has 5 heteroatoms. The third kappa shape index (κ3) is 3.08. The van der Waals surface area contributed by atoms with Crippen molar-refractivity contribution in [2.24, 2.45) is 5.73 Å². The summed E-state index contributed by atoms with van der Waals surface area (Å²) in [6.45, 7) is 7.92. The molecule has 0 saturated heterocycles. The largest absolute Gasteiger partial charge is 0.329 e. The lowest BCUT2D eigenvalue weighted by Crippen LogP contribution is -2.34. The lowest BCUT2D eigenvalue weighted by atomic mass is 10.3. The maximum absolute atomic E-state index is 5.52. The molecule has 0 aromatic carbocycles. The van der Waals surface area contributed by atoms with E-state index < -0.39 is 0 Å². The summed E-state index contributed by atoms with van der Waals surface area (Å²) in [7, 11) is 0. The second kappa shape index (κ2) is 5.72. The lowest BCUT2D eigenvalue weighted by molar-refractivity contribution is 0.247. The van der Waals surface area contributed by atoms with Crippen LogP contribution < -0.4 is 5.73 Å². The van der Waals surface area contributed by atoms with Gasteiger partial charge in [0.1, 0.15) is 12.7 Å². The molecule has 2 N–H and O–H groups in total. The van der Waals surface area contributed by atoms with Crippen molar-refractivity contribution < 1.29 is 0 Å². The predicted molar refractivity (Wildman–Crippen MR) is 55.9 cm³/mol. The Labute approximate surface area is 84.9 Å². The van der Waals surface area contributed by atoms with Crippen molar-refractivity contribution >= 4 is 0 Å². The molecule has 0 aliphatic rings. The van der Waals surface area contributed by atoms with Gasteiger partial charge in [-0.15, -0.1) is 0 Å². The van der Waals surface area contributed by atoms with E-state index in [9.17, 15) is 0 Å². The maximum atomic E-state index is 5.52. The number of rotatable bonds is 6. The highest BCUT2D eigenvalue weighted by molar-refractivity contribution is 4.69. The summed E-state index contributed by atoms with van der Waals surface area (Å²) >= 11 is 0. The summed E-state index contributed by atoms with van der Waals surface area (Å²) in [6, 6.07) is 0.351. The topological polar surface area (TPSA) is 60.0 Å². The summed E-state index contributed by atoms with van der Waals surface area (Å²) in [6.07, 6.45) is 3.32. The molecular formula is C9H19N5. The highest BCUT2D eigenvalue weighted by atomic mass is 15.3. The van der Waals surface area contributed by atoms with Gasteiger partial charge in [0.05, 0.1) is 6.04 Å². The fraction of sp³-hybridized carbons (Fsp3) is 0.778. The molecule has 1 aromatic heterocycles. The molecule has 0 fully saturated rings. The number of hydrogen-bond acceptors (Lipinski definition) is 4. The molecule has 1 heterocycles. The summed E-state index contributed by atoms with van der Waals surface area (Å²) in [5.74, 6) is 0. The molecule has 80 valence electrons. The highest BCUT2D eigenvalue weighted by Gasteiger charge is 2.09. The third-order valence-electron chi connectivity index (χ3n) is 2.30. The van der Waals surface area contributed by atoms with Gasteiger partial charge in [0.2, 0.25) is 0 Å². The third-order valence-corrected chi connectivity index (χ3v) is 2.30. The van der Waals surface area contributed by atoms with Crippen molar-refractivity contribution in [2.45, 2.75) is 19.9 Å². The number of hydrogen-bond donors (Lipinski definition) is 1. The van der Waals surface area contributed by atoms with Gasteiger partial charge in [-0.2, -0.15) is 5.10 Å². The average molecular weight is 197 g/mol. The number of likely N-dealkylation sites (N-methyl/N-ethyl adjacent to an activating group) is 1. The molecule has 1 atom stereocenters. The molecule has 1 aromatic rings. The zero-order chi connectivity index (χ0) is 10.4. The van der Waals surface area contributed by atoms with Crippen molar-refractivity contribution in [1.29, 1.82) is 0 Å². The van der Waals surface area contributed by atoms with E-state index in [1.54, 1.807) is 12.7 Å². The van der Waals surface area contributed by atoms with E-state index in [4.69, 9.17) is 5.73 Å². The van der Waals surface area contributed by atoms with Crippen LogP contribution in [0.25, 0.3) is 0 Å². The first-order valence-electron chi connectivity index (χ1n) is 5.04. The van der Waals surface area contributed by atoms with Crippen molar-refractivity contribution in [3.63, 3.8) is 0 Å². The minimum atomic E-state index is 0.351. The monoisotopic (exact) mass is 197 g/mol. The second-order valence-electron chi connectivity index (χ2n) is 3.41. The Morgan fingerprint density at radius 2 is 2.36 bits per heavy atom. The van der Waals surface area contributed by atoms with E-state index in [1.165, 1.54) is 0 Å². The minimum Gasteiger partial charge on any atom is -0.329 e. The SMILES string of the molecule is CCN(CCN)CC(C)n1cncn1. The first-order chi connectivity index (χ1) is 6.77. The first-order valence-corrected chi connectivity index (χ1v) is 5.04. The fourth-order valence-corrected chi connectivity index (χ4v) is 1.46. The Bertz CT molecular complexity index is 233. The summed E-state index contributed by atoms with van der Waals surface area (Å²) < 4.78 is 1.87.